The summed E-state index contributed by atoms with van der Waals surface area (Å²) in [5, 5.41) is 5.33. The molecule has 1 rings (SSSR count). The lowest BCUT2D eigenvalue weighted by molar-refractivity contribution is -0.125. The molecule has 2 N–H and O–H groups in total. The van der Waals surface area contributed by atoms with Crippen LogP contribution in [0.2, 0.25) is 0 Å². The highest BCUT2D eigenvalue weighted by molar-refractivity contribution is 5.87. The van der Waals surface area contributed by atoms with E-state index in [0.717, 1.165) is 5.56 Å². The first-order valence-electron chi connectivity index (χ1n) is 9.81. The first-order valence-corrected chi connectivity index (χ1v) is 9.81. The summed E-state index contributed by atoms with van der Waals surface area (Å²) in [5.41, 5.74) is 0.309. The fraction of sp³-hybridized carbons (Fsp3) is 0.545. The van der Waals surface area contributed by atoms with Crippen molar-refractivity contribution in [3.63, 3.8) is 0 Å². The zero-order valence-corrected chi connectivity index (χ0v) is 17.9. The number of hydrogen-bond donors (Lipinski definition) is 2. The molecule has 0 saturated carbocycles. The Morgan fingerprint density at radius 2 is 1.62 bits per heavy atom. The van der Waals surface area contributed by atoms with Crippen LogP contribution in [0, 0.1) is 0 Å². The van der Waals surface area contributed by atoms with E-state index in [0.29, 0.717) is 6.42 Å². The second-order valence-corrected chi connectivity index (χ2v) is 8.21. The molecular formula is C22H32N2O5. The summed E-state index contributed by atoms with van der Waals surface area (Å²) in [6, 6.07) is 8.24. The van der Waals surface area contributed by atoms with Crippen LogP contribution in [0.3, 0.4) is 0 Å². The van der Waals surface area contributed by atoms with Crippen molar-refractivity contribution >= 4 is 23.6 Å². The van der Waals surface area contributed by atoms with Gasteiger partial charge in [-0.3, -0.25) is 9.59 Å². The van der Waals surface area contributed by atoms with E-state index in [4.69, 9.17) is 4.74 Å². The molecule has 0 bridgehead atoms. The van der Waals surface area contributed by atoms with Crippen LogP contribution in [0.1, 0.15) is 59.4 Å². The molecule has 1 aromatic rings. The SMILES string of the molecule is CC(=O)CCC(=O)C[C@H](Cc1ccccc1)NC(=O)[C@H](C)NC(=O)OC(C)(C)C. The molecule has 160 valence electrons. The van der Waals surface area contributed by atoms with Crippen molar-refractivity contribution in [3.8, 4) is 0 Å². The molecule has 0 fully saturated rings. The van der Waals surface area contributed by atoms with Gasteiger partial charge in [0.1, 0.15) is 23.2 Å². The fourth-order valence-electron chi connectivity index (χ4n) is 2.64. The van der Waals surface area contributed by atoms with Gasteiger partial charge in [0.2, 0.25) is 5.91 Å². The van der Waals surface area contributed by atoms with Crippen LogP contribution in [-0.4, -0.2) is 41.3 Å². The third-order valence-corrected chi connectivity index (χ3v) is 4.03. The average Bonchev–Trinajstić information content (AvgIpc) is 2.59. The molecule has 0 aliphatic rings. The molecule has 0 aromatic heterocycles. The highest BCUT2D eigenvalue weighted by Gasteiger charge is 2.24. The van der Waals surface area contributed by atoms with Gasteiger partial charge in [-0.15, -0.1) is 0 Å². The Bertz CT molecular complexity index is 710. The van der Waals surface area contributed by atoms with Crippen LogP contribution in [0.4, 0.5) is 4.79 Å². The number of carbonyl (C=O) groups is 4. The molecule has 2 amide bonds. The van der Waals surface area contributed by atoms with Crippen molar-refractivity contribution in [2.45, 2.75) is 78.0 Å². The van der Waals surface area contributed by atoms with Gasteiger partial charge < -0.3 is 20.2 Å². The molecule has 0 heterocycles. The number of alkyl carbamates (subject to hydrolysis) is 1. The van der Waals surface area contributed by atoms with Gasteiger partial charge in [-0.25, -0.2) is 4.79 Å². The molecule has 1 aromatic carbocycles. The van der Waals surface area contributed by atoms with E-state index in [1.807, 2.05) is 30.3 Å². The molecular weight excluding hydrogens is 372 g/mol. The number of amides is 2. The second kappa shape index (κ2) is 11.3. The van der Waals surface area contributed by atoms with Gasteiger partial charge in [-0.2, -0.15) is 0 Å². The van der Waals surface area contributed by atoms with E-state index < -0.39 is 29.7 Å². The normalized spacial score (nSPS) is 13.1. The molecule has 29 heavy (non-hydrogen) atoms. The number of ether oxygens (including phenoxy) is 1. The second-order valence-electron chi connectivity index (χ2n) is 8.21. The Morgan fingerprint density at radius 1 is 1.00 bits per heavy atom. The quantitative estimate of drug-likeness (QED) is 0.624. The predicted molar refractivity (Wildman–Crippen MR) is 110 cm³/mol. The molecule has 0 aliphatic carbocycles. The molecule has 0 radical (unpaired) electrons. The number of ketones is 2. The maximum atomic E-state index is 12.5. The van der Waals surface area contributed by atoms with Crippen molar-refractivity contribution in [3.05, 3.63) is 35.9 Å². The summed E-state index contributed by atoms with van der Waals surface area (Å²) in [5.74, 6) is -0.539. The number of rotatable bonds is 10. The number of carbonyl (C=O) groups excluding carboxylic acids is 4. The summed E-state index contributed by atoms with van der Waals surface area (Å²) >= 11 is 0. The minimum Gasteiger partial charge on any atom is -0.444 e. The number of hydrogen-bond acceptors (Lipinski definition) is 5. The zero-order chi connectivity index (χ0) is 22.0. The highest BCUT2D eigenvalue weighted by atomic mass is 16.6. The molecule has 7 nitrogen and oxygen atoms in total. The molecule has 0 spiro atoms. The largest absolute Gasteiger partial charge is 0.444 e. The predicted octanol–water partition coefficient (Wildman–Crippen LogP) is 2.96. The Kier molecular flexibility index (Phi) is 9.51. The Hall–Kier alpha value is -2.70. The number of nitrogens with one attached hydrogen (secondary N) is 2. The lowest BCUT2D eigenvalue weighted by Gasteiger charge is -2.24. The summed E-state index contributed by atoms with van der Waals surface area (Å²) < 4.78 is 5.16. The third kappa shape index (κ3) is 11.0. The van der Waals surface area contributed by atoms with Gasteiger partial charge >= 0.3 is 6.09 Å². The molecule has 7 heteroatoms. The Labute approximate surface area is 172 Å². The first kappa shape index (κ1) is 24.3. The maximum absolute atomic E-state index is 12.5. The molecule has 0 aliphatic heterocycles. The minimum atomic E-state index is -0.824. The van der Waals surface area contributed by atoms with Gasteiger partial charge in [0.25, 0.3) is 0 Å². The van der Waals surface area contributed by atoms with Gasteiger partial charge in [-0.05, 0) is 46.6 Å². The van der Waals surface area contributed by atoms with Crippen molar-refractivity contribution < 1.29 is 23.9 Å². The first-order chi connectivity index (χ1) is 13.5. The van der Waals surface area contributed by atoms with Crippen LogP contribution in [-0.2, 0) is 25.5 Å². The monoisotopic (exact) mass is 404 g/mol. The number of Topliss-reactive ketones (excluding diaryl/α,β-unsaturated/α-hetero) is 2. The van der Waals surface area contributed by atoms with E-state index in [1.165, 1.54) is 6.92 Å². The fourth-order valence-corrected chi connectivity index (χ4v) is 2.64. The van der Waals surface area contributed by atoms with E-state index in [-0.39, 0.29) is 30.8 Å². The average molecular weight is 405 g/mol. The molecule has 2 atom stereocenters. The van der Waals surface area contributed by atoms with Gasteiger partial charge in [0, 0.05) is 25.3 Å². The molecule has 0 unspecified atom stereocenters. The van der Waals surface area contributed by atoms with Gasteiger partial charge in [-0.1, -0.05) is 30.3 Å². The topological polar surface area (TPSA) is 102 Å². The van der Waals surface area contributed by atoms with E-state index in [2.05, 4.69) is 10.6 Å². The third-order valence-electron chi connectivity index (χ3n) is 4.03. The summed E-state index contributed by atoms with van der Waals surface area (Å²) in [4.78, 5) is 47.8. The van der Waals surface area contributed by atoms with Crippen LogP contribution < -0.4 is 10.6 Å². The van der Waals surface area contributed by atoms with E-state index in [9.17, 15) is 19.2 Å². The maximum Gasteiger partial charge on any atom is 0.408 e. The van der Waals surface area contributed by atoms with Crippen LogP contribution >= 0.6 is 0 Å². The molecule has 0 saturated heterocycles. The summed E-state index contributed by atoms with van der Waals surface area (Å²) in [7, 11) is 0. The highest BCUT2D eigenvalue weighted by Crippen LogP contribution is 2.10. The van der Waals surface area contributed by atoms with Crippen LogP contribution in [0.15, 0.2) is 30.3 Å². The van der Waals surface area contributed by atoms with Crippen molar-refractivity contribution in [1.29, 1.82) is 0 Å². The smallest absolute Gasteiger partial charge is 0.408 e. The van der Waals surface area contributed by atoms with Crippen LogP contribution in [0.5, 0.6) is 0 Å². The van der Waals surface area contributed by atoms with Crippen molar-refractivity contribution in [1.82, 2.24) is 10.6 Å². The minimum absolute atomic E-state index is 0.0443. The van der Waals surface area contributed by atoms with Crippen molar-refractivity contribution in [2.75, 3.05) is 0 Å². The summed E-state index contributed by atoms with van der Waals surface area (Å²) in [6.45, 7) is 8.20. The standard InChI is InChI=1S/C22H32N2O5/c1-15(25)11-12-19(26)14-18(13-17-9-7-6-8-10-17)24-20(27)16(2)23-21(28)29-22(3,4)5/h6-10,16,18H,11-14H2,1-5H3,(H,23,28)(H,24,27)/t16-,18-/m0/s1. The zero-order valence-electron chi connectivity index (χ0n) is 17.9. The van der Waals surface area contributed by atoms with Gasteiger partial charge in [0.05, 0.1) is 0 Å². The summed E-state index contributed by atoms with van der Waals surface area (Å²) in [6.07, 6.45) is 0.256. The van der Waals surface area contributed by atoms with E-state index in [1.54, 1.807) is 27.7 Å². The Balaban J connectivity index is 2.73. The lowest BCUT2D eigenvalue weighted by atomic mass is 9.98. The van der Waals surface area contributed by atoms with Crippen LogP contribution in [0.25, 0.3) is 0 Å². The number of benzene rings is 1. The van der Waals surface area contributed by atoms with E-state index >= 15 is 0 Å². The van der Waals surface area contributed by atoms with Crippen molar-refractivity contribution in [2.24, 2.45) is 0 Å². The Morgan fingerprint density at radius 3 is 2.17 bits per heavy atom. The van der Waals surface area contributed by atoms with Gasteiger partial charge in [0.15, 0.2) is 0 Å². The lowest BCUT2D eigenvalue weighted by Crippen LogP contribution is -2.50.